The van der Waals surface area contributed by atoms with E-state index in [4.69, 9.17) is 0 Å². The van der Waals surface area contributed by atoms with Gasteiger partial charge in [-0.2, -0.15) is 0 Å². The second kappa shape index (κ2) is 6.38. The van der Waals surface area contributed by atoms with Crippen LogP contribution >= 0.6 is 15.9 Å². The first-order chi connectivity index (χ1) is 9.15. The van der Waals surface area contributed by atoms with E-state index in [1.807, 2.05) is 55.5 Å². The van der Waals surface area contributed by atoms with E-state index in [1.54, 1.807) is 0 Å². The van der Waals surface area contributed by atoms with Gasteiger partial charge in [0.15, 0.2) is 0 Å². The van der Waals surface area contributed by atoms with Gasteiger partial charge in [0.2, 0.25) is 0 Å². The van der Waals surface area contributed by atoms with Crippen LogP contribution in [-0.4, -0.2) is 6.03 Å². The fourth-order valence-electron chi connectivity index (χ4n) is 1.73. The number of urea groups is 1. The summed E-state index contributed by atoms with van der Waals surface area (Å²) >= 11 is 3.37. The van der Waals surface area contributed by atoms with Gasteiger partial charge in [0.1, 0.15) is 0 Å². The maximum Gasteiger partial charge on any atom is 0.319 e. The molecule has 2 amide bonds. The molecular weight excluding hydrogens is 304 g/mol. The molecular formula is C15H15BrN2O. The minimum absolute atomic E-state index is 0.207. The van der Waals surface area contributed by atoms with Crippen LogP contribution in [0.3, 0.4) is 0 Å². The summed E-state index contributed by atoms with van der Waals surface area (Å²) in [7, 11) is 0. The van der Waals surface area contributed by atoms with Crippen LogP contribution in [0.2, 0.25) is 0 Å². The van der Waals surface area contributed by atoms with Gasteiger partial charge in [0.05, 0.1) is 0 Å². The SMILES string of the molecule is Cc1ccccc1CNC(=O)Nc1cccc(Br)c1. The third-order valence-corrected chi connectivity index (χ3v) is 3.28. The summed E-state index contributed by atoms with van der Waals surface area (Å²) in [5.41, 5.74) is 3.05. The molecule has 0 heterocycles. The van der Waals surface area contributed by atoms with E-state index in [2.05, 4.69) is 26.6 Å². The van der Waals surface area contributed by atoms with Crippen molar-refractivity contribution in [1.82, 2.24) is 5.32 Å². The van der Waals surface area contributed by atoms with Crippen LogP contribution in [0.5, 0.6) is 0 Å². The molecule has 19 heavy (non-hydrogen) atoms. The number of anilines is 1. The van der Waals surface area contributed by atoms with Crippen molar-refractivity contribution in [3.05, 3.63) is 64.1 Å². The highest BCUT2D eigenvalue weighted by atomic mass is 79.9. The molecule has 0 radical (unpaired) electrons. The molecule has 4 heteroatoms. The molecule has 0 fully saturated rings. The second-order valence-electron chi connectivity index (χ2n) is 4.24. The Kier molecular flexibility index (Phi) is 4.58. The van der Waals surface area contributed by atoms with E-state index in [0.717, 1.165) is 15.7 Å². The van der Waals surface area contributed by atoms with E-state index in [1.165, 1.54) is 5.56 Å². The first-order valence-electron chi connectivity index (χ1n) is 6.00. The molecule has 0 spiro atoms. The van der Waals surface area contributed by atoms with Gasteiger partial charge < -0.3 is 10.6 Å². The van der Waals surface area contributed by atoms with Gasteiger partial charge in [0.25, 0.3) is 0 Å². The van der Waals surface area contributed by atoms with Crippen molar-refractivity contribution in [2.45, 2.75) is 13.5 Å². The number of carbonyl (C=O) groups is 1. The summed E-state index contributed by atoms with van der Waals surface area (Å²) in [5, 5.41) is 5.63. The summed E-state index contributed by atoms with van der Waals surface area (Å²) in [4.78, 5) is 11.8. The number of nitrogens with one attached hydrogen (secondary N) is 2. The van der Waals surface area contributed by atoms with Gasteiger partial charge in [-0.05, 0) is 36.2 Å². The minimum atomic E-state index is -0.207. The van der Waals surface area contributed by atoms with Crippen LogP contribution < -0.4 is 10.6 Å². The number of carbonyl (C=O) groups excluding carboxylic acids is 1. The Morgan fingerprint density at radius 1 is 1.16 bits per heavy atom. The summed E-state index contributed by atoms with van der Waals surface area (Å²) in [6.07, 6.45) is 0. The van der Waals surface area contributed by atoms with Crippen molar-refractivity contribution >= 4 is 27.6 Å². The van der Waals surface area contributed by atoms with Crippen molar-refractivity contribution in [1.29, 1.82) is 0 Å². The molecule has 2 aromatic carbocycles. The van der Waals surface area contributed by atoms with E-state index in [-0.39, 0.29) is 6.03 Å². The lowest BCUT2D eigenvalue weighted by Gasteiger charge is -2.09. The number of amides is 2. The molecule has 0 unspecified atom stereocenters. The van der Waals surface area contributed by atoms with Crippen LogP contribution in [0.15, 0.2) is 53.0 Å². The van der Waals surface area contributed by atoms with Crippen LogP contribution in [0, 0.1) is 6.92 Å². The minimum Gasteiger partial charge on any atom is -0.334 e. The van der Waals surface area contributed by atoms with Crippen LogP contribution in [-0.2, 0) is 6.54 Å². The zero-order valence-electron chi connectivity index (χ0n) is 10.6. The number of benzene rings is 2. The molecule has 2 aromatic rings. The third kappa shape index (κ3) is 4.10. The zero-order valence-corrected chi connectivity index (χ0v) is 12.2. The van der Waals surface area contributed by atoms with Crippen LogP contribution in [0.4, 0.5) is 10.5 Å². The lowest BCUT2D eigenvalue weighted by atomic mass is 10.1. The summed E-state index contributed by atoms with van der Waals surface area (Å²) in [5.74, 6) is 0. The Labute approximate surface area is 121 Å². The molecule has 2 rings (SSSR count). The molecule has 0 saturated heterocycles. The van der Waals surface area contributed by atoms with Crippen LogP contribution in [0.1, 0.15) is 11.1 Å². The molecule has 0 aliphatic heterocycles. The van der Waals surface area contributed by atoms with Gasteiger partial charge >= 0.3 is 6.03 Å². The lowest BCUT2D eigenvalue weighted by molar-refractivity contribution is 0.251. The Bertz CT molecular complexity index is 584. The van der Waals surface area contributed by atoms with E-state index < -0.39 is 0 Å². The number of aryl methyl sites for hydroxylation is 1. The predicted octanol–water partition coefficient (Wildman–Crippen LogP) is 4.08. The van der Waals surface area contributed by atoms with Crippen LogP contribution in [0.25, 0.3) is 0 Å². The highest BCUT2D eigenvalue weighted by Gasteiger charge is 2.03. The Balaban J connectivity index is 1.90. The fraction of sp³-hybridized carbons (Fsp3) is 0.133. The molecule has 0 bridgehead atoms. The maximum atomic E-state index is 11.8. The molecule has 0 atom stereocenters. The van der Waals surface area contributed by atoms with Gasteiger partial charge in [-0.3, -0.25) is 0 Å². The average Bonchev–Trinajstić information content (AvgIpc) is 2.38. The normalized spacial score (nSPS) is 10.0. The summed E-state index contributed by atoms with van der Waals surface area (Å²) < 4.78 is 0.934. The topological polar surface area (TPSA) is 41.1 Å². The third-order valence-electron chi connectivity index (χ3n) is 2.78. The van der Waals surface area contributed by atoms with Gasteiger partial charge in [-0.1, -0.05) is 46.3 Å². The van der Waals surface area contributed by atoms with Gasteiger partial charge in [0, 0.05) is 16.7 Å². The predicted molar refractivity (Wildman–Crippen MR) is 81.2 cm³/mol. The second-order valence-corrected chi connectivity index (χ2v) is 5.16. The van der Waals surface area contributed by atoms with Gasteiger partial charge in [-0.15, -0.1) is 0 Å². The Morgan fingerprint density at radius 3 is 2.68 bits per heavy atom. The van der Waals surface area contributed by atoms with Crippen molar-refractivity contribution in [2.75, 3.05) is 5.32 Å². The van der Waals surface area contributed by atoms with Gasteiger partial charge in [-0.25, -0.2) is 4.79 Å². The van der Waals surface area contributed by atoms with Crippen molar-refractivity contribution < 1.29 is 4.79 Å². The number of rotatable bonds is 3. The zero-order chi connectivity index (χ0) is 13.7. The smallest absolute Gasteiger partial charge is 0.319 e. The lowest BCUT2D eigenvalue weighted by Crippen LogP contribution is -2.28. The molecule has 98 valence electrons. The Hall–Kier alpha value is -1.81. The van der Waals surface area contributed by atoms with E-state index in [9.17, 15) is 4.79 Å². The highest BCUT2D eigenvalue weighted by molar-refractivity contribution is 9.10. The van der Waals surface area contributed by atoms with Crippen molar-refractivity contribution in [2.24, 2.45) is 0 Å². The molecule has 0 aliphatic carbocycles. The number of hydrogen-bond donors (Lipinski definition) is 2. The largest absolute Gasteiger partial charge is 0.334 e. The quantitative estimate of drug-likeness (QED) is 0.879. The van der Waals surface area contributed by atoms with E-state index in [0.29, 0.717) is 6.54 Å². The maximum absolute atomic E-state index is 11.8. The first kappa shape index (κ1) is 13.6. The van der Waals surface area contributed by atoms with Crippen molar-refractivity contribution in [3.63, 3.8) is 0 Å². The molecule has 3 nitrogen and oxygen atoms in total. The number of hydrogen-bond acceptors (Lipinski definition) is 1. The summed E-state index contributed by atoms with van der Waals surface area (Å²) in [6.45, 7) is 2.55. The molecule has 0 aliphatic rings. The Morgan fingerprint density at radius 2 is 1.95 bits per heavy atom. The highest BCUT2D eigenvalue weighted by Crippen LogP contribution is 2.15. The monoisotopic (exact) mass is 318 g/mol. The van der Waals surface area contributed by atoms with Crippen molar-refractivity contribution in [3.8, 4) is 0 Å². The molecule has 2 N–H and O–H groups in total. The molecule has 0 aromatic heterocycles. The number of halogens is 1. The molecule has 0 saturated carbocycles. The van der Waals surface area contributed by atoms with E-state index >= 15 is 0 Å². The first-order valence-corrected chi connectivity index (χ1v) is 6.79. The fourth-order valence-corrected chi connectivity index (χ4v) is 2.12. The summed E-state index contributed by atoms with van der Waals surface area (Å²) in [6, 6.07) is 15.3. The standard InChI is InChI=1S/C15H15BrN2O/c1-11-5-2-3-6-12(11)10-17-15(19)18-14-8-4-7-13(16)9-14/h2-9H,10H2,1H3,(H2,17,18,19). The average molecular weight is 319 g/mol.